The number of carboxylic acid groups (broad SMARTS) is 1. The summed E-state index contributed by atoms with van der Waals surface area (Å²) in [5.74, 6) is -1.08. The van der Waals surface area contributed by atoms with Gasteiger partial charge in [-0.2, -0.15) is 0 Å². The van der Waals surface area contributed by atoms with Gasteiger partial charge in [0.25, 0.3) is 5.91 Å². The van der Waals surface area contributed by atoms with Crippen LogP contribution in [0.25, 0.3) is 0 Å². The van der Waals surface area contributed by atoms with Crippen LogP contribution in [0, 0.1) is 0 Å². The van der Waals surface area contributed by atoms with Crippen molar-refractivity contribution < 1.29 is 24.2 Å². The molecule has 0 saturated heterocycles. The summed E-state index contributed by atoms with van der Waals surface area (Å²) in [6, 6.07) is 12.6. The second kappa shape index (κ2) is 9.55. The van der Waals surface area contributed by atoms with E-state index in [0.29, 0.717) is 17.0 Å². The van der Waals surface area contributed by atoms with Gasteiger partial charge in [0, 0.05) is 11.3 Å². The monoisotopic (exact) mass is 384 g/mol. The molecule has 0 radical (unpaired) electrons. The van der Waals surface area contributed by atoms with E-state index in [1.165, 1.54) is 19.1 Å². The number of hydrogen-bond acceptors (Lipinski definition) is 4. The van der Waals surface area contributed by atoms with Crippen LogP contribution in [0.2, 0.25) is 0 Å². The highest BCUT2D eigenvalue weighted by molar-refractivity contribution is 5.97. The van der Waals surface area contributed by atoms with Crippen molar-refractivity contribution in [3.8, 4) is 5.75 Å². The summed E-state index contributed by atoms with van der Waals surface area (Å²) in [5, 5.41) is 14.0. The average molecular weight is 384 g/mol. The number of amides is 2. The Bertz CT molecular complexity index is 846. The summed E-state index contributed by atoms with van der Waals surface area (Å²) in [6.07, 6.45) is 0.242. The number of aliphatic carboxylic acids is 1. The highest BCUT2D eigenvalue weighted by atomic mass is 16.5. The number of carboxylic acids is 1. The number of carbonyl (C=O) groups excluding carboxylic acids is 2. The Morgan fingerprint density at radius 2 is 1.71 bits per heavy atom. The van der Waals surface area contributed by atoms with E-state index in [-0.39, 0.29) is 18.4 Å². The molecule has 0 bridgehead atoms. The maximum Gasteiger partial charge on any atom is 0.325 e. The fourth-order valence-electron chi connectivity index (χ4n) is 2.44. The molecule has 1 unspecified atom stereocenters. The standard InChI is InChI=1S/C21H24N2O5/c1-13(2)28-18-6-4-5-15(11-18)12-19(24)23-17-9-7-16(8-10-17)20(25)22-14(3)21(26)27/h4-11,13-14H,12H2,1-3H3,(H,22,25)(H,23,24)(H,26,27). The fraction of sp³-hybridized carbons (Fsp3) is 0.286. The number of carbonyl (C=O) groups is 3. The van der Waals surface area contributed by atoms with Crippen LogP contribution in [0.15, 0.2) is 48.5 Å². The highest BCUT2D eigenvalue weighted by Gasteiger charge is 2.15. The van der Waals surface area contributed by atoms with Gasteiger partial charge in [-0.1, -0.05) is 12.1 Å². The Labute approximate surface area is 163 Å². The van der Waals surface area contributed by atoms with Crippen LogP contribution in [-0.2, 0) is 16.0 Å². The quantitative estimate of drug-likeness (QED) is 0.649. The predicted octanol–water partition coefficient (Wildman–Crippen LogP) is 2.86. The minimum Gasteiger partial charge on any atom is -0.491 e. The summed E-state index contributed by atoms with van der Waals surface area (Å²) >= 11 is 0. The molecule has 0 aliphatic carbocycles. The molecule has 0 fully saturated rings. The van der Waals surface area contributed by atoms with Crippen LogP contribution < -0.4 is 15.4 Å². The van der Waals surface area contributed by atoms with Crippen molar-refractivity contribution in [3.05, 3.63) is 59.7 Å². The Kier molecular flexibility index (Phi) is 7.14. The van der Waals surface area contributed by atoms with Gasteiger partial charge in [0.2, 0.25) is 5.91 Å². The maximum absolute atomic E-state index is 12.3. The van der Waals surface area contributed by atoms with Gasteiger partial charge in [0.15, 0.2) is 0 Å². The topological polar surface area (TPSA) is 105 Å². The zero-order chi connectivity index (χ0) is 20.7. The molecular formula is C21H24N2O5. The number of ether oxygens (including phenoxy) is 1. The highest BCUT2D eigenvalue weighted by Crippen LogP contribution is 2.16. The molecule has 0 aliphatic rings. The molecule has 148 valence electrons. The lowest BCUT2D eigenvalue weighted by Crippen LogP contribution is -2.38. The maximum atomic E-state index is 12.3. The Morgan fingerprint density at radius 1 is 1.04 bits per heavy atom. The zero-order valence-electron chi connectivity index (χ0n) is 16.1. The van der Waals surface area contributed by atoms with Gasteiger partial charge in [-0.3, -0.25) is 14.4 Å². The molecule has 7 heteroatoms. The first-order chi connectivity index (χ1) is 13.2. The smallest absolute Gasteiger partial charge is 0.325 e. The second-order valence-corrected chi connectivity index (χ2v) is 6.65. The van der Waals surface area contributed by atoms with Crippen molar-refractivity contribution in [3.63, 3.8) is 0 Å². The summed E-state index contributed by atoms with van der Waals surface area (Å²) in [6.45, 7) is 5.26. The summed E-state index contributed by atoms with van der Waals surface area (Å²) in [5.41, 5.74) is 1.68. The van der Waals surface area contributed by atoms with Gasteiger partial charge in [-0.15, -0.1) is 0 Å². The van der Waals surface area contributed by atoms with Crippen LogP contribution in [0.5, 0.6) is 5.75 Å². The van der Waals surface area contributed by atoms with E-state index in [0.717, 1.165) is 5.56 Å². The molecule has 0 saturated carbocycles. The lowest BCUT2D eigenvalue weighted by atomic mass is 10.1. The van der Waals surface area contributed by atoms with Gasteiger partial charge >= 0.3 is 5.97 Å². The molecule has 0 aliphatic heterocycles. The number of nitrogens with one attached hydrogen (secondary N) is 2. The van der Waals surface area contributed by atoms with Crippen molar-refractivity contribution >= 4 is 23.5 Å². The molecule has 2 aromatic rings. The van der Waals surface area contributed by atoms with Gasteiger partial charge in [0.1, 0.15) is 11.8 Å². The van der Waals surface area contributed by atoms with E-state index in [1.807, 2.05) is 38.1 Å². The van der Waals surface area contributed by atoms with E-state index in [9.17, 15) is 14.4 Å². The molecule has 0 aromatic heterocycles. The van der Waals surface area contributed by atoms with E-state index in [1.54, 1.807) is 12.1 Å². The molecular weight excluding hydrogens is 360 g/mol. The molecule has 0 heterocycles. The first kappa shape index (κ1) is 21.0. The number of benzene rings is 2. The van der Waals surface area contributed by atoms with E-state index in [2.05, 4.69) is 10.6 Å². The van der Waals surface area contributed by atoms with Gasteiger partial charge in [-0.05, 0) is 62.7 Å². The largest absolute Gasteiger partial charge is 0.491 e. The predicted molar refractivity (Wildman–Crippen MR) is 106 cm³/mol. The minimum atomic E-state index is -1.11. The lowest BCUT2D eigenvalue weighted by Gasteiger charge is -2.11. The normalized spacial score (nSPS) is 11.6. The van der Waals surface area contributed by atoms with Crippen molar-refractivity contribution in [1.82, 2.24) is 5.32 Å². The molecule has 7 nitrogen and oxygen atoms in total. The van der Waals surface area contributed by atoms with Gasteiger partial charge in [0.05, 0.1) is 12.5 Å². The molecule has 2 rings (SSSR count). The molecule has 2 amide bonds. The van der Waals surface area contributed by atoms with Crippen molar-refractivity contribution in [2.24, 2.45) is 0 Å². The summed E-state index contributed by atoms with van der Waals surface area (Å²) in [4.78, 5) is 35.0. The molecule has 28 heavy (non-hydrogen) atoms. The van der Waals surface area contributed by atoms with Crippen LogP contribution in [0.1, 0.15) is 36.7 Å². The number of rotatable bonds is 8. The average Bonchev–Trinajstić information content (AvgIpc) is 2.61. The first-order valence-corrected chi connectivity index (χ1v) is 8.94. The third-order valence-corrected chi connectivity index (χ3v) is 3.78. The molecule has 2 aromatic carbocycles. The lowest BCUT2D eigenvalue weighted by molar-refractivity contribution is -0.138. The Hall–Kier alpha value is -3.35. The van der Waals surface area contributed by atoms with E-state index in [4.69, 9.17) is 9.84 Å². The first-order valence-electron chi connectivity index (χ1n) is 8.94. The third kappa shape index (κ3) is 6.42. The molecule has 3 N–H and O–H groups in total. The van der Waals surface area contributed by atoms with E-state index >= 15 is 0 Å². The van der Waals surface area contributed by atoms with E-state index < -0.39 is 17.9 Å². The number of anilines is 1. The zero-order valence-corrected chi connectivity index (χ0v) is 16.1. The van der Waals surface area contributed by atoms with Crippen LogP contribution in [0.3, 0.4) is 0 Å². The summed E-state index contributed by atoms with van der Waals surface area (Å²) in [7, 11) is 0. The molecule has 1 atom stereocenters. The SMILES string of the molecule is CC(C)Oc1cccc(CC(=O)Nc2ccc(C(=O)NC(C)C(=O)O)cc2)c1. The molecule has 0 spiro atoms. The van der Waals surface area contributed by atoms with Gasteiger partial charge < -0.3 is 20.5 Å². The van der Waals surface area contributed by atoms with Crippen LogP contribution >= 0.6 is 0 Å². The van der Waals surface area contributed by atoms with Crippen LogP contribution in [-0.4, -0.2) is 35.0 Å². The fourth-order valence-corrected chi connectivity index (χ4v) is 2.44. The van der Waals surface area contributed by atoms with Crippen molar-refractivity contribution in [2.75, 3.05) is 5.32 Å². The third-order valence-electron chi connectivity index (χ3n) is 3.78. The minimum absolute atomic E-state index is 0.0540. The van der Waals surface area contributed by atoms with Crippen LogP contribution in [0.4, 0.5) is 5.69 Å². The Balaban J connectivity index is 1.94. The second-order valence-electron chi connectivity index (χ2n) is 6.65. The summed E-state index contributed by atoms with van der Waals surface area (Å²) < 4.78 is 5.63. The number of hydrogen-bond donors (Lipinski definition) is 3. The van der Waals surface area contributed by atoms with Crippen molar-refractivity contribution in [2.45, 2.75) is 39.3 Å². The Morgan fingerprint density at radius 3 is 2.32 bits per heavy atom. The van der Waals surface area contributed by atoms with Crippen molar-refractivity contribution in [1.29, 1.82) is 0 Å². The van der Waals surface area contributed by atoms with Gasteiger partial charge in [-0.25, -0.2) is 0 Å².